The molecule has 1 fully saturated rings. The van der Waals surface area contributed by atoms with Gasteiger partial charge in [0, 0.05) is 45.4 Å². The summed E-state index contributed by atoms with van der Waals surface area (Å²) in [7, 11) is 0. The maximum Gasteiger partial charge on any atom is 0.338 e. The van der Waals surface area contributed by atoms with Crippen LogP contribution in [0.3, 0.4) is 0 Å². The van der Waals surface area contributed by atoms with E-state index < -0.39 is 77.1 Å². The van der Waals surface area contributed by atoms with Crippen LogP contribution in [-0.4, -0.2) is 59.9 Å². The second-order valence-corrected chi connectivity index (χ2v) is 12.9. The average Bonchev–Trinajstić information content (AvgIpc) is 3.18. The molecule has 0 N–H and O–H groups in total. The number of hydrogen-bond donors (Lipinski definition) is 0. The summed E-state index contributed by atoms with van der Waals surface area (Å²) in [6, 6.07) is 8.54. The molecule has 0 unspecified atom stereocenters. The van der Waals surface area contributed by atoms with Crippen molar-refractivity contribution in [2.75, 3.05) is 0 Å². The lowest BCUT2D eigenvalue weighted by molar-refractivity contribution is -0.195. The van der Waals surface area contributed by atoms with E-state index in [-0.39, 0.29) is 18.8 Å². The first kappa shape index (κ1) is 35.5. The highest BCUT2D eigenvalue weighted by molar-refractivity contribution is 5.89. The van der Waals surface area contributed by atoms with Gasteiger partial charge in [0.25, 0.3) is 0 Å². The van der Waals surface area contributed by atoms with Crippen molar-refractivity contribution in [2.45, 2.75) is 105 Å². The Balaban J connectivity index is 2.32. The molecule has 0 spiro atoms. The summed E-state index contributed by atoms with van der Waals surface area (Å²) >= 11 is 0. The first-order chi connectivity index (χ1) is 21.0. The molecule has 0 amide bonds. The third-order valence-electron chi connectivity index (χ3n) is 8.61. The molecule has 0 aliphatic heterocycles. The topological polar surface area (TPSA) is 132 Å². The first-order valence-corrected chi connectivity index (χ1v) is 15.3. The summed E-state index contributed by atoms with van der Waals surface area (Å²) in [4.78, 5) is 63.4. The lowest BCUT2D eigenvalue weighted by Gasteiger charge is -2.43. The predicted octanol–water partition coefficient (Wildman–Crippen LogP) is 5.53. The molecule has 3 rings (SSSR count). The molecule has 0 heterocycles. The van der Waals surface area contributed by atoms with Gasteiger partial charge < -0.3 is 23.7 Å². The van der Waals surface area contributed by atoms with Crippen LogP contribution in [0.25, 0.3) is 0 Å². The second-order valence-electron chi connectivity index (χ2n) is 12.9. The largest absolute Gasteiger partial charge is 0.461 e. The predicted molar refractivity (Wildman–Crippen MR) is 165 cm³/mol. The Morgan fingerprint density at radius 2 is 1.40 bits per heavy atom. The molecule has 1 aromatic rings. The van der Waals surface area contributed by atoms with Gasteiger partial charge >= 0.3 is 29.8 Å². The minimum Gasteiger partial charge on any atom is -0.461 e. The van der Waals surface area contributed by atoms with Gasteiger partial charge in [0.2, 0.25) is 0 Å². The number of ether oxygens (including phenoxy) is 5. The van der Waals surface area contributed by atoms with Crippen molar-refractivity contribution < 1.29 is 47.7 Å². The summed E-state index contributed by atoms with van der Waals surface area (Å²) < 4.78 is 29.9. The van der Waals surface area contributed by atoms with Gasteiger partial charge in [0.1, 0.15) is 24.4 Å². The van der Waals surface area contributed by atoms with Crippen molar-refractivity contribution in [1.29, 1.82) is 0 Å². The Bertz CT molecular complexity index is 1330. The van der Waals surface area contributed by atoms with Crippen molar-refractivity contribution in [2.24, 2.45) is 23.2 Å². The van der Waals surface area contributed by atoms with E-state index in [2.05, 4.69) is 0 Å². The van der Waals surface area contributed by atoms with Crippen molar-refractivity contribution >= 4 is 29.8 Å². The molecule has 2 aliphatic carbocycles. The van der Waals surface area contributed by atoms with Crippen LogP contribution in [0.4, 0.5) is 0 Å². The van der Waals surface area contributed by atoms with E-state index in [1.165, 1.54) is 27.7 Å². The molecular formula is C35H46O10. The number of carbonyl (C=O) groups is 5. The van der Waals surface area contributed by atoms with Crippen molar-refractivity contribution in [3.8, 4) is 0 Å². The molecule has 8 atom stereocenters. The summed E-state index contributed by atoms with van der Waals surface area (Å²) in [6.07, 6.45) is 2.48. The van der Waals surface area contributed by atoms with Crippen LogP contribution in [-0.2, 0) is 42.9 Å². The molecule has 1 aromatic carbocycles. The third-order valence-corrected chi connectivity index (χ3v) is 8.61. The first-order valence-electron chi connectivity index (χ1n) is 15.3. The van der Waals surface area contributed by atoms with E-state index in [0.29, 0.717) is 11.1 Å². The van der Waals surface area contributed by atoms with Gasteiger partial charge in [-0.05, 0) is 37.0 Å². The molecule has 0 saturated heterocycles. The summed E-state index contributed by atoms with van der Waals surface area (Å²) in [5.74, 6) is -4.43. The normalized spacial score (nSPS) is 31.8. The summed E-state index contributed by atoms with van der Waals surface area (Å²) in [5.41, 5.74) is -1.29. The van der Waals surface area contributed by atoms with Crippen LogP contribution in [0.2, 0.25) is 0 Å². The maximum absolute atomic E-state index is 13.4. The molecule has 0 radical (unpaired) electrons. The van der Waals surface area contributed by atoms with Gasteiger partial charge in [-0.25, -0.2) is 4.79 Å². The third kappa shape index (κ3) is 8.61. The Kier molecular flexibility index (Phi) is 11.4. The lowest BCUT2D eigenvalue weighted by Crippen LogP contribution is -2.55. The minimum atomic E-state index is -1.46. The van der Waals surface area contributed by atoms with Gasteiger partial charge in [-0.15, -0.1) is 0 Å². The average molecular weight is 627 g/mol. The highest BCUT2D eigenvalue weighted by atomic mass is 16.6. The number of carbonyl (C=O) groups excluding carboxylic acids is 5. The monoisotopic (exact) mass is 626 g/mol. The van der Waals surface area contributed by atoms with Crippen LogP contribution in [0.1, 0.15) is 85.5 Å². The van der Waals surface area contributed by atoms with Gasteiger partial charge in [-0.2, -0.15) is 0 Å². The summed E-state index contributed by atoms with van der Waals surface area (Å²) in [6.45, 7) is 14.5. The summed E-state index contributed by atoms with van der Waals surface area (Å²) in [5, 5.41) is 0. The zero-order valence-corrected chi connectivity index (χ0v) is 27.7. The molecule has 246 valence electrons. The molecular weight excluding hydrogens is 580 g/mol. The van der Waals surface area contributed by atoms with Crippen LogP contribution < -0.4 is 0 Å². The van der Waals surface area contributed by atoms with Gasteiger partial charge in [-0.3, -0.25) is 19.2 Å². The van der Waals surface area contributed by atoms with Crippen molar-refractivity contribution in [1.82, 2.24) is 0 Å². The van der Waals surface area contributed by atoms with E-state index >= 15 is 0 Å². The number of rotatable bonds is 6. The zero-order chi connectivity index (χ0) is 33.7. The second kappa shape index (κ2) is 14.4. The molecule has 45 heavy (non-hydrogen) atoms. The van der Waals surface area contributed by atoms with E-state index in [1.54, 1.807) is 43.3 Å². The molecule has 10 nitrogen and oxygen atoms in total. The van der Waals surface area contributed by atoms with Crippen molar-refractivity contribution in [3.63, 3.8) is 0 Å². The van der Waals surface area contributed by atoms with E-state index in [1.807, 2.05) is 39.8 Å². The van der Waals surface area contributed by atoms with Gasteiger partial charge in [0.15, 0.2) is 5.60 Å². The fraction of sp³-hybridized carbons (Fsp3) is 0.571. The zero-order valence-electron chi connectivity index (χ0n) is 27.7. The number of benzene rings is 1. The minimum absolute atomic E-state index is 0.137. The van der Waals surface area contributed by atoms with Crippen LogP contribution in [0.15, 0.2) is 54.1 Å². The van der Waals surface area contributed by atoms with Crippen LogP contribution in [0.5, 0.6) is 0 Å². The molecule has 0 bridgehead atoms. The van der Waals surface area contributed by atoms with E-state index in [9.17, 15) is 24.0 Å². The van der Waals surface area contributed by atoms with Crippen LogP contribution in [0, 0.1) is 23.2 Å². The molecule has 2 aliphatic rings. The van der Waals surface area contributed by atoms with Crippen LogP contribution >= 0.6 is 0 Å². The number of fused-ring (bicyclic) bond motifs is 1. The Morgan fingerprint density at radius 3 is 1.96 bits per heavy atom. The van der Waals surface area contributed by atoms with Gasteiger partial charge in [0.05, 0.1) is 11.5 Å². The Hall–Kier alpha value is -3.95. The van der Waals surface area contributed by atoms with E-state index in [4.69, 9.17) is 23.7 Å². The van der Waals surface area contributed by atoms with E-state index in [0.717, 1.165) is 0 Å². The SMILES string of the molecule is CC(=O)O[C@@H]1[C@@H](C)/C=C/C(C)(C)[C@H](OC(C)=O)C[C@@H](OC(C)=O)C(C)=C[C@H]2[C@@H](OC(=O)c3ccccc3)[C@@H](C)C[C@]12OC(C)=O. The fourth-order valence-corrected chi connectivity index (χ4v) is 6.58. The Labute approximate surface area is 265 Å². The quantitative estimate of drug-likeness (QED) is 0.225. The standard InChI is InChI=1S/C35H46O10/c1-20-15-16-34(8,9)30(42-24(5)37)18-29(41-23(4)36)21(2)17-28-31(44-33(40)27-13-11-10-12-14-27)22(3)19-35(28,45-26(7)39)32(20)43-25(6)38/h10-17,20,22,28-32H,18-19H2,1-9H3/b16-15+,21-17?/t20-,22-,28-,29+,30+,31-,32+,35+/m0/s1. The fourth-order valence-electron chi connectivity index (χ4n) is 6.58. The number of esters is 5. The number of hydrogen-bond acceptors (Lipinski definition) is 10. The molecule has 1 saturated carbocycles. The van der Waals surface area contributed by atoms with Crippen molar-refractivity contribution in [3.05, 3.63) is 59.7 Å². The lowest BCUT2D eigenvalue weighted by atomic mass is 9.75. The smallest absolute Gasteiger partial charge is 0.338 e. The highest BCUT2D eigenvalue weighted by Crippen LogP contribution is 2.51. The van der Waals surface area contributed by atoms with Gasteiger partial charge in [-0.1, -0.05) is 64.1 Å². The maximum atomic E-state index is 13.4. The molecule has 0 aromatic heterocycles. The molecule has 10 heteroatoms. The Morgan fingerprint density at radius 1 is 0.800 bits per heavy atom. The highest BCUT2D eigenvalue weighted by Gasteiger charge is 2.62.